The lowest BCUT2D eigenvalue weighted by molar-refractivity contribution is 0.0600. The summed E-state index contributed by atoms with van der Waals surface area (Å²) in [7, 11) is 0. The first kappa shape index (κ1) is 15.0. The van der Waals surface area contributed by atoms with E-state index in [0.29, 0.717) is 23.8 Å². The number of aryl methyl sites for hydroxylation is 1. The van der Waals surface area contributed by atoms with E-state index in [1.165, 1.54) is 12.1 Å². The second-order valence-electron chi connectivity index (χ2n) is 5.41. The highest BCUT2D eigenvalue weighted by Crippen LogP contribution is 2.31. The Kier molecular flexibility index (Phi) is 4.11. The standard InChI is InChI=1S/C15H16ClFN4O/c1-9-18-14(20-19-9)13-4-2-3-7-21(13)15(22)11-6-5-10(17)8-12(11)16/h5-6,8,13H,2-4,7H2,1H3,(H,18,19,20)/t13-/m0/s1. The highest BCUT2D eigenvalue weighted by atomic mass is 35.5. The predicted molar refractivity (Wildman–Crippen MR) is 80.2 cm³/mol. The number of hydrogen-bond donors (Lipinski definition) is 1. The van der Waals surface area contributed by atoms with E-state index in [-0.39, 0.29) is 17.0 Å². The van der Waals surface area contributed by atoms with Gasteiger partial charge in [0.25, 0.3) is 5.91 Å². The number of H-pyrrole nitrogens is 1. The number of likely N-dealkylation sites (tertiary alicyclic amines) is 1. The molecule has 1 aromatic carbocycles. The number of amides is 1. The number of hydrogen-bond acceptors (Lipinski definition) is 3. The summed E-state index contributed by atoms with van der Waals surface area (Å²) in [5.74, 6) is 0.662. The molecule has 1 atom stereocenters. The quantitative estimate of drug-likeness (QED) is 0.923. The number of carbonyl (C=O) groups is 1. The van der Waals surface area contributed by atoms with Crippen LogP contribution in [0.5, 0.6) is 0 Å². The minimum atomic E-state index is -0.457. The molecule has 0 spiro atoms. The van der Waals surface area contributed by atoms with Gasteiger partial charge in [0.15, 0.2) is 5.82 Å². The lowest BCUT2D eigenvalue weighted by Crippen LogP contribution is -2.39. The van der Waals surface area contributed by atoms with E-state index < -0.39 is 5.82 Å². The second kappa shape index (κ2) is 6.04. The molecule has 2 aromatic rings. The van der Waals surface area contributed by atoms with Crippen molar-refractivity contribution in [2.45, 2.75) is 32.2 Å². The monoisotopic (exact) mass is 322 g/mol. The van der Waals surface area contributed by atoms with Crippen molar-refractivity contribution in [3.05, 3.63) is 46.3 Å². The number of nitrogens with one attached hydrogen (secondary N) is 1. The third kappa shape index (κ3) is 2.83. The molecule has 0 unspecified atom stereocenters. The van der Waals surface area contributed by atoms with Gasteiger partial charge in [-0.15, -0.1) is 0 Å². The third-order valence-electron chi connectivity index (χ3n) is 3.84. The first-order chi connectivity index (χ1) is 10.6. The Morgan fingerprint density at radius 3 is 2.95 bits per heavy atom. The zero-order chi connectivity index (χ0) is 15.7. The van der Waals surface area contributed by atoms with Gasteiger partial charge in [0.1, 0.15) is 11.6 Å². The molecule has 116 valence electrons. The van der Waals surface area contributed by atoms with Gasteiger partial charge in [0, 0.05) is 6.54 Å². The molecule has 5 nitrogen and oxygen atoms in total. The minimum absolute atomic E-state index is 0.125. The predicted octanol–water partition coefficient (Wildman–Crippen LogP) is 3.27. The first-order valence-electron chi connectivity index (χ1n) is 7.21. The third-order valence-corrected chi connectivity index (χ3v) is 4.15. The molecule has 1 N–H and O–H groups in total. The Hall–Kier alpha value is -1.95. The molecule has 0 radical (unpaired) electrons. The van der Waals surface area contributed by atoms with Crippen molar-refractivity contribution < 1.29 is 9.18 Å². The van der Waals surface area contributed by atoms with E-state index in [1.54, 1.807) is 4.90 Å². The molecule has 22 heavy (non-hydrogen) atoms. The molecule has 0 aliphatic carbocycles. The lowest BCUT2D eigenvalue weighted by atomic mass is 10.00. The second-order valence-corrected chi connectivity index (χ2v) is 5.82. The van der Waals surface area contributed by atoms with Crippen LogP contribution in [-0.4, -0.2) is 32.5 Å². The minimum Gasteiger partial charge on any atom is -0.328 e. The van der Waals surface area contributed by atoms with Crippen LogP contribution in [0.1, 0.15) is 47.3 Å². The van der Waals surface area contributed by atoms with Gasteiger partial charge in [-0.05, 0) is 44.4 Å². The Labute approximate surface area is 132 Å². The van der Waals surface area contributed by atoms with E-state index in [0.717, 1.165) is 25.3 Å². The number of aromatic nitrogens is 3. The topological polar surface area (TPSA) is 61.9 Å². The maximum atomic E-state index is 13.2. The van der Waals surface area contributed by atoms with Crippen molar-refractivity contribution in [3.63, 3.8) is 0 Å². The van der Waals surface area contributed by atoms with E-state index in [9.17, 15) is 9.18 Å². The molecular formula is C15H16ClFN4O. The number of benzene rings is 1. The van der Waals surface area contributed by atoms with Crippen molar-refractivity contribution in [2.24, 2.45) is 0 Å². The zero-order valence-corrected chi connectivity index (χ0v) is 12.9. The van der Waals surface area contributed by atoms with Gasteiger partial charge in [-0.3, -0.25) is 9.89 Å². The molecular weight excluding hydrogens is 307 g/mol. The van der Waals surface area contributed by atoms with Gasteiger partial charge < -0.3 is 4.90 Å². The SMILES string of the molecule is Cc1nc([C@@H]2CCCCN2C(=O)c2ccc(F)cc2Cl)n[nH]1. The van der Waals surface area contributed by atoms with Crippen LogP contribution in [0.2, 0.25) is 5.02 Å². The summed E-state index contributed by atoms with van der Waals surface area (Å²) >= 11 is 6.02. The van der Waals surface area contributed by atoms with Crippen molar-refractivity contribution in [1.29, 1.82) is 0 Å². The first-order valence-corrected chi connectivity index (χ1v) is 7.59. The largest absolute Gasteiger partial charge is 0.328 e. The number of halogens is 2. The zero-order valence-electron chi connectivity index (χ0n) is 12.1. The van der Waals surface area contributed by atoms with Gasteiger partial charge in [-0.2, -0.15) is 5.10 Å². The van der Waals surface area contributed by atoms with Crippen LogP contribution < -0.4 is 0 Å². The van der Waals surface area contributed by atoms with Crippen LogP contribution in [0, 0.1) is 12.7 Å². The van der Waals surface area contributed by atoms with Crippen molar-refractivity contribution >= 4 is 17.5 Å². The van der Waals surface area contributed by atoms with Crippen LogP contribution >= 0.6 is 11.6 Å². The molecule has 2 heterocycles. The fourth-order valence-corrected chi connectivity index (χ4v) is 3.02. The summed E-state index contributed by atoms with van der Waals surface area (Å²) in [5, 5.41) is 7.11. The number of nitrogens with zero attached hydrogens (tertiary/aromatic N) is 3. The van der Waals surface area contributed by atoms with Gasteiger partial charge in [0.2, 0.25) is 0 Å². The van der Waals surface area contributed by atoms with Gasteiger partial charge >= 0.3 is 0 Å². The Bertz CT molecular complexity index is 703. The van der Waals surface area contributed by atoms with E-state index >= 15 is 0 Å². The van der Waals surface area contributed by atoms with Crippen molar-refractivity contribution in [2.75, 3.05) is 6.54 Å². The summed E-state index contributed by atoms with van der Waals surface area (Å²) in [4.78, 5) is 18.8. The number of piperidine rings is 1. The molecule has 3 rings (SSSR count). The maximum Gasteiger partial charge on any atom is 0.255 e. The van der Waals surface area contributed by atoms with Crippen LogP contribution in [0.15, 0.2) is 18.2 Å². The number of rotatable bonds is 2. The summed E-state index contributed by atoms with van der Waals surface area (Å²) in [6, 6.07) is 3.65. The van der Waals surface area contributed by atoms with Gasteiger partial charge in [0.05, 0.1) is 16.6 Å². The molecule has 1 saturated heterocycles. The molecule has 0 bridgehead atoms. The Morgan fingerprint density at radius 2 is 2.27 bits per heavy atom. The van der Waals surface area contributed by atoms with E-state index in [2.05, 4.69) is 15.2 Å². The Morgan fingerprint density at radius 1 is 1.45 bits per heavy atom. The molecule has 1 amide bonds. The fourth-order valence-electron chi connectivity index (χ4n) is 2.77. The molecule has 1 fully saturated rings. The van der Waals surface area contributed by atoms with E-state index in [4.69, 9.17) is 11.6 Å². The van der Waals surface area contributed by atoms with Gasteiger partial charge in [-0.25, -0.2) is 9.37 Å². The van der Waals surface area contributed by atoms with Crippen LogP contribution in [-0.2, 0) is 0 Å². The summed E-state index contributed by atoms with van der Waals surface area (Å²) in [6.07, 6.45) is 2.74. The fraction of sp³-hybridized carbons (Fsp3) is 0.400. The number of carbonyl (C=O) groups excluding carboxylic acids is 1. The van der Waals surface area contributed by atoms with Crippen LogP contribution in [0.3, 0.4) is 0 Å². The highest BCUT2D eigenvalue weighted by Gasteiger charge is 2.32. The molecule has 7 heteroatoms. The molecule has 0 saturated carbocycles. The normalized spacial score (nSPS) is 18.5. The number of aromatic amines is 1. The van der Waals surface area contributed by atoms with Crippen LogP contribution in [0.4, 0.5) is 4.39 Å². The van der Waals surface area contributed by atoms with Crippen molar-refractivity contribution in [3.8, 4) is 0 Å². The summed E-state index contributed by atoms with van der Waals surface area (Å²) in [5.41, 5.74) is 0.308. The average molecular weight is 323 g/mol. The summed E-state index contributed by atoms with van der Waals surface area (Å²) in [6.45, 7) is 2.44. The van der Waals surface area contributed by atoms with Crippen LogP contribution in [0.25, 0.3) is 0 Å². The summed E-state index contributed by atoms with van der Waals surface area (Å²) < 4.78 is 13.2. The molecule has 1 aliphatic rings. The van der Waals surface area contributed by atoms with Crippen molar-refractivity contribution in [1.82, 2.24) is 20.1 Å². The van der Waals surface area contributed by atoms with E-state index in [1.807, 2.05) is 6.92 Å². The smallest absolute Gasteiger partial charge is 0.255 e. The average Bonchev–Trinajstić information content (AvgIpc) is 2.93. The molecule has 1 aliphatic heterocycles. The molecule has 1 aromatic heterocycles. The highest BCUT2D eigenvalue weighted by molar-refractivity contribution is 6.33. The maximum absolute atomic E-state index is 13.2. The lowest BCUT2D eigenvalue weighted by Gasteiger charge is -2.34. The van der Waals surface area contributed by atoms with Gasteiger partial charge in [-0.1, -0.05) is 11.6 Å². The Balaban J connectivity index is 1.91.